The summed E-state index contributed by atoms with van der Waals surface area (Å²) in [5.74, 6) is 0.202. The first-order valence-corrected chi connectivity index (χ1v) is 6.58. The number of hydrogen-bond donors (Lipinski definition) is 0. The highest BCUT2D eigenvalue weighted by Gasteiger charge is 2.29. The molecule has 1 atom stereocenters. The summed E-state index contributed by atoms with van der Waals surface area (Å²) in [4.78, 5) is 15.0. The summed E-state index contributed by atoms with van der Waals surface area (Å²) in [5, 5.41) is 0.0265. The number of thioether (sulfide) groups is 1. The molecule has 1 aliphatic rings. The van der Waals surface area contributed by atoms with Gasteiger partial charge in [0.2, 0.25) is 5.91 Å². The fourth-order valence-electron chi connectivity index (χ4n) is 1.71. The number of amides is 1. The molecule has 0 aliphatic carbocycles. The number of fused-ring (bicyclic) bond motifs is 1. The topological polar surface area (TPSA) is 20.3 Å². The van der Waals surface area contributed by atoms with Crippen molar-refractivity contribution < 1.29 is 4.79 Å². The van der Waals surface area contributed by atoms with Crippen molar-refractivity contribution in [3.8, 4) is 0 Å². The van der Waals surface area contributed by atoms with Crippen molar-refractivity contribution in [3.63, 3.8) is 0 Å². The van der Waals surface area contributed by atoms with E-state index in [0.717, 1.165) is 16.7 Å². The molecule has 15 heavy (non-hydrogen) atoms. The third-order valence-electron chi connectivity index (χ3n) is 2.45. The van der Waals surface area contributed by atoms with Gasteiger partial charge in [-0.3, -0.25) is 4.79 Å². The number of halogens is 1. The van der Waals surface area contributed by atoms with E-state index in [0.29, 0.717) is 0 Å². The van der Waals surface area contributed by atoms with E-state index in [-0.39, 0.29) is 11.2 Å². The molecule has 0 saturated heterocycles. The Kier molecular flexibility index (Phi) is 3.07. The van der Waals surface area contributed by atoms with Crippen LogP contribution in [-0.2, 0) is 4.79 Å². The van der Waals surface area contributed by atoms with Gasteiger partial charge in [0.1, 0.15) is 0 Å². The van der Waals surface area contributed by atoms with Crippen LogP contribution in [0.5, 0.6) is 0 Å². The first kappa shape index (κ1) is 11.0. The number of anilines is 1. The molecule has 80 valence electrons. The van der Waals surface area contributed by atoms with Crippen molar-refractivity contribution in [2.24, 2.45) is 0 Å². The standard InChI is InChI=1S/C11H12BrNOS/c1-3-13-9-6-8(12)4-5-10(9)15-7(2)11(13)14/h4-7H,3H2,1-2H3. The second-order valence-electron chi connectivity index (χ2n) is 3.45. The molecule has 1 amide bonds. The van der Waals surface area contributed by atoms with Gasteiger partial charge in [-0.1, -0.05) is 15.9 Å². The highest BCUT2D eigenvalue weighted by molar-refractivity contribution is 9.10. The molecule has 0 saturated carbocycles. The van der Waals surface area contributed by atoms with Crippen LogP contribution in [0.15, 0.2) is 27.6 Å². The maximum Gasteiger partial charge on any atom is 0.240 e. The van der Waals surface area contributed by atoms with Gasteiger partial charge in [-0.15, -0.1) is 11.8 Å². The van der Waals surface area contributed by atoms with Crippen molar-refractivity contribution in [1.82, 2.24) is 0 Å². The molecular formula is C11H12BrNOS. The van der Waals surface area contributed by atoms with Gasteiger partial charge in [0.15, 0.2) is 0 Å². The lowest BCUT2D eigenvalue weighted by molar-refractivity contribution is -0.117. The lowest BCUT2D eigenvalue weighted by Crippen LogP contribution is -2.39. The van der Waals surface area contributed by atoms with E-state index in [2.05, 4.69) is 22.0 Å². The molecule has 1 aromatic carbocycles. The van der Waals surface area contributed by atoms with E-state index in [1.54, 1.807) is 11.8 Å². The average molecular weight is 286 g/mol. The summed E-state index contributed by atoms with van der Waals surface area (Å²) in [6.07, 6.45) is 0. The minimum atomic E-state index is 0.0265. The Morgan fingerprint density at radius 1 is 1.53 bits per heavy atom. The Labute approximate surface area is 102 Å². The molecule has 1 unspecified atom stereocenters. The first-order valence-electron chi connectivity index (χ1n) is 4.91. The van der Waals surface area contributed by atoms with Crippen LogP contribution >= 0.6 is 27.7 Å². The summed E-state index contributed by atoms with van der Waals surface area (Å²) in [6, 6.07) is 6.09. The van der Waals surface area contributed by atoms with E-state index in [4.69, 9.17) is 0 Å². The molecule has 2 rings (SSSR count). The zero-order valence-electron chi connectivity index (χ0n) is 8.66. The van der Waals surface area contributed by atoms with Crippen LogP contribution in [0.1, 0.15) is 13.8 Å². The number of carbonyl (C=O) groups is 1. The zero-order chi connectivity index (χ0) is 11.0. The Bertz CT molecular complexity index is 408. The van der Waals surface area contributed by atoms with Gasteiger partial charge in [-0.2, -0.15) is 0 Å². The van der Waals surface area contributed by atoms with Crippen molar-refractivity contribution in [2.45, 2.75) is 24.0 Å². The lowest BCUT2D eigenvalue weighted by atomic mass is 10.2. The van der Waals surface area contributed by atoms with Crippen LogP contribution in [0.25, 0.3) is 0 Å². The minimum Gasteiger partial charge on any atom is -0.311 e. The summed E-state index contributed by atoms with van der Waals surface area (Å²) in [7, 11) is 0. The summed E-state index contributed by atoms with van der Waals surface area (Å²) in [5.41, 5.74) is 1.03. The zero-order valence-corrected chi connectivity index (χ0v) is 11.1. The summed E-state index contributed by atoms with van der Waals surface area (Å²) in [6.45, 7) is 4.69. The molecule has 0 spiro atoms. The molecule has 0 N–H and O–H groups in total. The number of carbonyl (C=O) groups excluding carboxylic acids is 1. The third kappa shape index (κ3) is 1.93. The fourth-order valence-corrected chi connectivity index (χ4v) is 3.10. The summed E-state index contributed by atoms with van der Waals surface area (Å²) < 4.78 is 1.02. The Morgan fingerprint density at radius 3 is 2.93 bits per heavy atom. The van der Waals surface area contributed by atoms with Crippen LogP contribution < -0.4 is 4.90 Å². The molecule has 1 heterocycles. The Hall–Kier alpha value is -0.480. The molecule has 0 radical (unpaired) electrons. The van der Waals surface area contributed by atoms with E-state index in [9.17, 15) is 4.79 Å². The highest BCUT2D eigenvalue weighted by Crippen LogP contribution is 2.40. The molecule has 0 fully saturated rings. The van der Waals surface area contributed by atoms with Crippen molar-refractivity contribution in [3.05, 3.63) is 22.7 Å². The Balaban J connectivity index is 2.51. The lowest BCUT2D eigenvalue weighted by Gasteiger charge is -2.31. The maximum atomic E-state index is 11.9. The second kappa shape index (κ2) is 4.18. The van der Waals surface area contributed by atoms with Gasteiger partial charge in [-0.05, 0) is 32.0 Å². The second-order valence-corrected chi connectivity index (χ2v) is 5.75. The van der Waals surface area contributed by atoms with Crippen LogP contribution in [0.2, 0.25) is 0 Å². The maximum absolute atomic E-state index is 11.9. The van der Waals surface area contributed by atoms with Crippen molar-refractivity contribution in [1.29, 1.82) is 0 Å². The van der Waals surface area contributed by atoms with Crippen LogP contribution in [0.4, 0.5) is 5.69 Å². The molecule has 0 bridgehead atoms. The predicted molar refractivity (Wildman–Crippen MR) is 67.5 cm³/mol. The highest BCUT2D eigenvalue weighted by atomic mass is 79.9. The monoisotopic (exact) mass is 285 g/mol. The van der Waals surface area contributed by atoms with Crippen molar-refractivity contribution in [2.75, 3.05) is 11.4 Å². The van der Waals surface area contributed by atoms with Crippen molar-refractivity contribution >= 4 is 39.3 Å². The molecule has 0 aromatic heterocycles. The predicted octanol–water partition coefficient (Wildman–Crippen LogP) is 3.30. The van der Waals surface area contributed by atoms with Gasteiger partial charge in [0, 0.05) is 15.9 Å². The quantitative estimate of drug-likeness (QED) is 0.789. The largest absolute Gasteiger partial charge is 0.311 e. The van der Waals surface area contributed by atoms with Gasteiger partial charge >= 0.3 is 0 Å². The SMILES string of the molecule is CCN1C(=O)C(C)Sc2ccc(Br)cc21. The number of nitrogens with zero attached hydrogens (tertiary/aromatic N) is 1. The van der Waals surface area contributed by atoms with E-state index >= 15 is 0 Å². The van der Waals surface area contributed by atoms with Gasteiger partial charge in [-0.25, -0.2) is 0 Å². The van der Waals surface area contributed by atoms with E-state index in [1.807, 2.05) is 30.9 Å². The number of hydrogen-bond acceptors (Lipinski definition) is 2. The number of benzene rings is 1. The number of rotatable bonds is 1. The molecule has 2 nitrogen and oxygen atoms in total. The van der Waals surface area contributed by atoms with Crippen LogP contribution in [-0.4, -0.2) is 17.7 Å². The van der Waals surface area contributed by atoms with E-state index in [1.165, 1.54) is 4.90 Å². The normalized spacial score (nSPS) is 20.3. The summed E-state index contributed by atoms with van der Waals surface area (Å²) >= 11 is 5.07. The molecule has 1 aromatic rings. The van der Waals surface area contributed by atoms with E-state index < -0.39 is 0 Å². The molecule has 1 aliphatic heterocycles. The molecule has 4 heteroatoms. The van der Waals surface area contributed by atoms with Crippen LogP contribution in [0, 0.1) is 0 Å². The first-order chi connectivity index (χ1) is 7.13. The smallest absolute Gasteiger partial charge is 0.240 e. The van der Waals surface area contributed by atoms with Gasteiger partial charge < -0.3 is 4.90 Å². The van der Waals surface area contributed by atoms with Crippen LogP contribution in [0.3, 0.4) is 0 Å². The molecular weight excluding hydrogens is 274 g/mol. The van der Waals surface area contributed by atoms with Gasteiger partial charge in [0.05, 0.1) is 10.9 Å². The van der Waals surface area contributed by atoms with Gasteiger partial charge in [0.25, 0.3) is 0 Å². The Morgan fingerprint density at radius 2 is 2.27 bits per heavy atom. The minimum absolute atomic E-state index is 0.0265. The third-order valence-corrected chi connectivity index (χ3v) is 4.09. The fraction of sp³-hybridized carbons (Fsp3) is 0.364. The average Bonchev–Trinajstić information content (AvgIpc) is 2.21.